The summed E-state index contributed by atoms with van der Waals surface area (Å²) in [5.74, 6) is 1.25. The molecule has 24 heavy (non-hydrogen) atoms. The van der Waals surface area contributed by atoms with Crippen molar-refractivity contribution in [1.29, 1.82) is 0 Å². The highest BCUT2D eigenvalue weighted by molar-refractivity contribution is 5.42. The van der Waals surface area contributed by atoms with Crippen LogP contribution in [-0.2, 0) is 16.0 Å². The van der Waals surface area contributed by atoms with Gasteiger partial charge in [-0.25, -0.2) is 4.98 Å². The lowest BCUT2D eigenvalue weighted by Gasteiger charge is -2.37. The van der Waals surface area contributed by atoms with Crippen LogP contribution in [0.25, 0.3) is 0 Å². The van der Waals surface area contributed by atoms with E-state index in [0.29, 0.717) is 13.2 Å². The van der Waals surface area contributed by atoms with Gasteiger partial charge in [0, 0.05) is 38.7 Å². The van der Waals surface area contributed by atoms with Gasteiger partial charge < -0.3 is 19.7 Å². The van der Waals surface area contributed by atoms with Gasteiger partial charge in [0.05, 0.1) is 13.2 Å². The fourth-order valence-electron chi connectivity index (χ4n) is 3.22. The van der Waals surface area contributed by atoms with Gasteiger partial charge in [0.25, 0.3) is 0 Å². The Labute approximate surface area is 141 Å². The highest BCUT2D eigenvalue weighted by atomic mass is 16.7. The third kappa shape index (κ3) is 3.34. The molecule has 3 heterocycles. The number of nitrogens with one attached hydrogen (secondary N) is 1. The predicted molar refractivity (Wildman–Crippen MR) is 91.9 cm³/mol. The molecular weight excluding hydrogens is 304 g/mol. The SMILES string of the molecule is c1ccc(CNc2ccnc(N3CCC4(CC3)OCCO4)n2)cc1. The van der Waals surface area contributed by atoms with Gasteiger partial charge in [0.15, 0.2) is 5.79 Å². The van der Waals surface area contributed by atoms with Crippen molar-refractivity contribution in [1.82, 2.24) is 9.97 Å². The van der Waals surface area contributed by atoms with Gasteiger partial charge in [-0.15, -0.1) is 0 Å². The molecule has 6 heteroatoms. The van der Waals surface area contributed by atoms with Crippen LogP contribution in [0.1, 0.15) is 18.4 Å². The Morgan fingerprint density at radius 3 is 2.54 bits per heavy atom. The van der Waals surface area contributed by atoms with Crippen LogP contribution in [0.4, 0.5) is 11.8 Å². The zero-order valence-electron chi connectivity index (χ0n) is 13.6. The molecule has 2 fully saturated rings. The molecule has 2 aliphatic heterocycles. The van der Waals surface area contributed by atoms with Crippen molar-refractivity contribution in [2.75, 3.05) is 36.5 Å². The van der Waals surface area contributed by atoms with Crippen molar-refractivity contribution in [3.63, 3.8) is 0 Å². The van der Waals surface area contributed by atoms with Crippen LogP contribution < -0.4 is 10.2 Å². The number of ether oxygens (including phenoxy) is 2. The summed E-state index contributed by atoms with van der Waals surface area (Å²) in [6.07, 6.45) is 3.53. The van der Waals surface area contributed by atoms with Crippen LogP contribution in [0, 0.1) is 0 Å². The molecule has 4 rings (SSSR count). The summed E-state index contributed by atoms with van der Waals surface area (Å²) in [4.78, 5) is 11.3. The molecule has 6 nitrogen and oxygen atoms in total. The van der Waals surface area contributed by atoms with E-state index in [1.807, 2.05) is 30.5 Å². The van der Waals surface area contributed by atoms with Crippen LogP contribution >= 0.6 is 0 Å². The summed E-state index contributed by atoms with van der Waals surface area (Å²) in [6, 6.07) is 12.2. The van der Waals surface area contributed by atoms with E-state index in [1.54, 1.807) is 0 Å². The number of nitrogens with zero attached hydrogens (tertiary/aromatic N) is 3. The first-order chi connectivity index (χ1) is 11.8. The first-order valence-corrected chi connectivity index (χ1v) is 8.47. The number of anilines is 2. The van der Waals surface area contributed by atoms with Crippen LogP contribution in [-0.4, -0.2) is 42.1 Å². The van der Waals surface area contributed by atoms with Gasteiger partial charge in [-0.1, -0.05) is 30.3 Å². The van der Waals surface area contributed by atoms with Crippen molar-refractivity contribution >= 4 is 11.8 Å². The Balaban J connectivity index is 1.38. The number of piperidine rings is 1. The quantitative estimate of drug-likeness (QED) is 0.931. The van der Waals surface area contributed by atoms with Crippen molar-refractivity contribution in [3.8, 4) is 0 Å². The first kappa shape index (κ1) is 15.4. The molecule has 1 N–H and O–H groups in total. The Morgan fingerprint density at radius 2 is 1.79 bits per heavy atom. The third-order valence-electron chi connectivity index (χ3n) is 4.58. The Hall–Kier alpha value is -2.18. The summed E-state index contributed by atoms with van der Waals surface area (Å²) in [5.41, 5.74) is 1.23. The molecule has 1 aromatic carbocycles. The monoisotopic (exact) mass is 326 g/mol. The minimum atomic E-state index is -0.361. The molecule has 0 radical (unpaired) electrons. The molecule has 1 spiro atoms. The molecule has 2 aliphatic rings. The standard InChI is InChI=1S/C18H22N4O2/c1-2-4-15(5-3-1)14-20-16-6-9-19-17(21-16)22-10-7-18(8-11-22)23-12-13-24-18/h1-6,9H,7-8,10-14H2,(H,19,20,21). The fraction of sp³-hybridized carbons (Fsp3) is 0.444. The topological polar surface area (TPSA) is 59.5 Å². The molecule has 1 aromatic heterocycles. The number of hydrogen-bond acceptors (Lipinski definition) is 6. The minimum Gasteiger partial charge on any atom is -0.366 e. The van der Waals surface area contributed by atoms with Crippen molar-refractivity contribution in [3.05, 3.63) is 48.2 Å². The smallest absolute Gasteiger partial charge is 0.227 e. The lowest BCUT2D eigenvalue weighted by atomic mass is 10.0. The zero-order chi connectivity index (χ0) is 16.2. The summed E-state index contributed by atoms with van der Waals surface area (Å²) < 4.78 is 11.5. The average Bonchev–Trinajstić information content (AvgIpc) is 3.10. The van der Waals surface area contributed by atoms with Gasteiger partial charge in [-0.2, -0.15) is 4.98 Å². The van der Waals surface area contributed by atoms with Gasteiger partial charge in [-0.05, 0) is 11.6 Å². The summed E-state index contributed by atoms with van der Waals surface area (Å²) in [7, 11) is 0. The maximum absolute atomic E-state index is 5.77. The normalized spacial score (nSPS) is 19.6. The Morgan fingerprint density at radius 1 is 1.04 bits per heavy atom. The van der Waals surface area contributed by atoms with Crippen LogP contribution in [0.5, 0.6) is 0 Å². The number of benzene rings is 1. The van der Waals surface area contributed by atoms with Crippen LogP contribution in [0.15, 0.2) is 42.6 Å². The molecule has 0 bridgehead atoms. The molecule has 0 aliphatic carbocycles. The highest BCUT2D eigenvalue weighted by Gasteiger charge is 2.40. The Bertz CT molecular complexity index is 664. The number of aromatic nitrogens is 2. The van der Waals surface area contributed by atoms with E-state index in [9.17, 15) is 0 Å². The molecule has 126 valence electrons. The lowest BCUT2D eigenvalue weighted by molar-refractivity contribution is -0.169. The van der Waals surface area contributed by atoms with Gasteiger partial charge in [0.1, 0.15) is 5.82 Å². The maximum Gasteiger partial charge on any atom is 0.227 e. The molecular formula is C18H22N4O2. The van der Waals surface area contributed by atoms with E-state index in [0.717, 1.165) is 44.2 Å². The Kier molecular flexibility index (Phi) is 4.32. The zero-order valence-corrected chi connectivity index (χ0v) is 13.6. The van der Waals surface area contributed by atoms with E-state index in [4.69, 9.17) is 9.47 Å². The van der Waals surface area contributed by atoms with E-state index in [2.05, 4.69) is 32.3 Å². The second-order valence-electron chi connectivity index (χ2n) is 6.18. The second-order valence-corrected chi connectivity index (χ2v) is 6.18. The molecule has 2 saturated heterocycles. The summed E-state index contributed by atoms with van der Waals surface area (Å²) >= 11 is 0. The van der Waals surface area contributed by atoms with Crippen LogP contribution in [0.3, 0.4) is 0 Å². The van der Waals surface area contributed by atoms with E-state index in [1.165, 1.54) is 5.56 Å². The second kappa shape index (κ2) is 6.75. The van der Waals surface area contributed by atoms with Crippen molar-refractivity contribution in [2.24, 2.45) is 0 Å². The lowest BCUT2D eigenvalue weighted by Crippen LogP contribution is -2.45. The average molecular weight is 326 g/mol. The molecule has 0 atom stereocenters. The van der Waals surface area contributed by atoms with Crippen LogP contribution in [0.2, 0.25) is 0 Å². The fourth-order valence-corrected chi connectivity index (χ4v) is 3.22. The molecule has 2 aromatic rings. The molecule has 0 amide bonds. The summed E-state index contributed by atoms with van der Waals surface area (Å²) in [5, 5.41) is 3.36. The molecule has 0 saturated carbocycles. The maximum atomic E-state index is 5.77. The largest absolute Gasteiger partial charge is 0.366 e. The summed E-state index contributed by atoms with van der Waals surface area (Å²) in [6.45, 7) is 3.86. The van der Waals surface area contributed by atoms with E-state index in [-0.39, 0.29) is 5.79 Å². The van der Waals surface area contributed by atoms with Crippen molar-refractivity contribution in [2.45, 2.75) is 25.2 Å². The predicted octanol–water partition coefficient (Wildman–Crippen LogP) is 2.43. The van der Waals surface area contributed by atoms with Gasteiger partial charge in [0.2, 0.25) is 5.95 Å². The minimum absolute atomic E-state index is 0.361. The number of hydrogen-bond donors (Lipinski definition) is 1. The van der Waals surface area contributed by atoms with E-state index >= 15 is 0 Å². The molecule has 0 unspecified atom stereocenters. The van der Waals surface area contributed by atoms with E-state index < -0.39 is 0 Å². The number of rotatable bonds is 4. The first-order valence-electron chi connectivity index (χ1n) is 8.47. The van der Waals surface area contributed by atoms with Crippen molar-refractivity contribution < 1.29 is 9.47 Å². The third-order valence-corrected chi connectivity index (χ3v) is 4.58. The van der Waals surface area contributed by atoms with Gasteiger partial charge in [-0.3, -0.25) is 0 Å². The highest BCUT2D eigenvalue weighted by Crippen LogP contribution is 2.32. The van der Waals surface area contributed by atoms with Gasteiger partial charge >= 0.3 is 0 Å².